The molecule has 8 nitrogen and oxygen atoms in total. The van der Waals surface area contributed by atoms with E-state index in [-0.39, 0.29) is 23.9 Å². The van der Waals surface area contributed by atoms with Crippen LogP contribution in [0.1, 0.15) is 33.4 Å². The molecule has 1 saturated heterocycles. The van der Waals surface area contributed by atoms with Gasteiger partial charge in [0.2, 0.25) is 0 Å². The minimum absolute atomic E-state index is 0.0428. The molecule has 1 aromatic heterocycles. The minimum atomic E-state index is -0.186. The Hall–Kier alpha value is -4.43. The van der Waals surface area contributed by atoms with Crippen LogP contribution in [0.2, 0.25) is 0 Å². The first-order valence-corrected chi connectivity index (χ1v) is 13.0. The lowest BCUT2D eigenvalue weighted by molar-refractivity contribution is -0.130. The summed E-state index contributed by atoms with van der Waals surface area (Å²) in [6.45, 7) is 7.78. The van der Waals surface area contributed by atoms with Crippen LogP contribution in [0.15, 0.2) is 102 Å². The molecule has 1 unspecified atom stereocenters. The quantitative estimate of drug-likeness (QED) is 0.226. The number of carbonyl (C=O) groups is 2. The predicted octanol–water partition coefficient (Wildman–Crippen LogP) is 3.45. The number of benzene rings is 2. The smallest absolute Gasteiger partial charge is 0.267 e. The predicted molar refractivity (Wildman–Crippen MR) is 155 cm³/mol. The van der Waals surface area contributed by atoms with Crippen LogP contribution >= 0.6 is 0 Å². The number of aromatic amines is 1. The molecule has 4 N–H and O–H groups in total. The molecule has 1 fully saturated rings. The third kappa shape index (κ3) is 6.91. The van der Waals surface area contributed by atoms with Crippen LogP contribution in [0.5, 0.6) is 0 Å². The summed E-state index contributed by atoms with van der Waals surface area (Å²) in [6.07, 6.45) is 3.03. The Bertz CT molecular complexity index is 1310. The first-order chi connectivity index (χ1) is 18.9. The standard InChI is InChI=1S/C31H36N6O2/c1-22(18-26(32)19-33-3)31(39)36-16-17-37(27(21-36)20-34-30(38)28-15-14-23(2)35-28)29(24-10-6-4-7-11-24)25-12-8-5-9-13-25/h4-15,18-19,27,29,35H,1,16-17,20-21,32H2,2-3H3,(H,34,38)/b26-18+,33-19-. The SMILES string of the molecule is C=C(/C=C(N)\C=N/C)C(=O)N1CCN(C(c2ccccc2)c2ccccc2)C(CNC(=O)c2ccc(C)[nH]2)C1. The number of nitrogens with one attached hydrogen (secondary N) is 2. The van der Waals surface area contributed by atoms with Crippen LogP contribution in [-0.2, 0) is 4.79 Å². The maximum atomic E-state index is 13.3. The molecular weight excluding hydrogens is 488 g/mol. The second-order valence-corrected chi connectivity index (χ2v) is 9.69. The van der Waals surface area contributed by atoms with E-state index in [1.165, 1.54) is 6.21 Å². The van der Waals surface area contributed by atoms with E-state index in [2.05, 4.69) is 51.0 Å². The van der Waals surface area contributed by atoms with Gasteiger partial charge in [0.15, 0.2) is 0 Å². The molecule has 1 atom stereocenters. The maximum absolute atomic E-state index is 13.3. The van der Waals surface area contributed by atoms with Crippen LogP contribution in [0, 0.1) is 6.92 Å². The Morgan fingerprint density at radius 2 is 1.72 bits per heavy atom. The van der Waals surface area contributed by atoms with Crippen molar-refractivity contribution in [2.24, 2.45) is 10.7 Å². The van der Waals surface area contributed by atoms with E-state index < -0.39 is 0 Å². The highest BCUT2D eigenvalue weighted by Crippen LogP contribution is 2.32. The van der Waals surface area contributed by atoms with Crippen LogP contribution in [0.3, 0.4) is 0 Å². The number of nitrogens with two attached hydrogens (primary N) is 1. The lowest BCUT2D eigenvalue weighted by Gasteiger charge is -2.45. The molecule has 2 amide bonds. The number of hydrogen-bond donors (Lipinski definition) is 3. The Labute approximate surface area is 229 Å². The van der Waals surface area contributed by atoms with Gasteiger partial charge in [-0.15, -0.1) is 0 Å². The zero-order chi connectivity index (χ0) is 27.8. The summed E-state index contributed by atoms with van der Waals surface area (Å²) < 4.78 is 0. The molecule has 0 aliphatic carbocycles. The molecule has 39 heavy (non-hydrogen) atoms. The summed E-state index contributed by atoms with van der Waals surface area (Å²) in [5, 5.41) is 3.09. The van der Waals surface area contributed by atoms with Gasteiger partial charge >= 0.3 is 0 Å². The number of rotatable bonds is 9. The van der Waals surface area contributed by atoms with Crippen molar-refractivity contribution in [3.05, 3.63) is 119 Å². The van der Waals surface area contributed by atoms with E-state index in [1.54, 1.807) is 24.1 Å². The van der Waals surface area contributed by atoms with Crippen LogP contribution in [0.25, 0.3) is 0 Å². The number of allylic oxidation sites excluding steroid dienone is 1. The number of hydrogen-bond acceptors (Lipinski definition) is 5. The summed E-state index contributed by atoms with van der Waals surface area (Å²) in [5.74, 6) is -0.365. The normalized spacial score (nSPS) is 16.5. The van der Waals surface area contributed by atoms with Gasteiger partial charge in [-0.1, -0.05) is 67.2 Å². The monoisotopic (exact) mass is 524 g/mol. The summed E-state index contributed by atoms with van der Waals surface area (Å²) in [6, 6.07) is 24.1. The van der Waals surface area contributed by atoms with Crippen molar-refractivity contribution in [3.63, 3.8) is 0 Å². The summed E-state index contributed by atoms with van der Waals surface area (Å²) in [4.78, 5) is 37.4. The average Bonchev–Trinajstić information content (AvgIpc) is 3.39. The van der Waals surface area contributed by atoms with Crippen LogP contribution in [0.4, 0.5) is 0 Å². The fourth-order valence-electron chi connectivity index (χ4n) is 5.02. The van der Waals surface area contributed by atoms with Gasteiger partial charge in [-0.05, 0) is 36.3 Å². The van der Waals surface area contributed by atoms with Gasteiger partial charge in [0.25, 0.3) is 11.8 Å². The zero-order valence-electron chi connectivity index (χ0n) is 22.5. The number of aliphatic imine (C=N–C) groups is 1. The van der Waals surface area contributed by atoms with E-state index in [0.717, 1.165) is 16.8 Å². The van der Waals surface area contributed by atoms with E-state index in [4.69, 9.17) is 5.73 Å². The molecule has 0 spiro atoms. The molecule has 0 saturated carbocycles. The maximum Gasteiger partial charge on any atom is 0.267 e. The summed E-state index contributed by atoms with van der Waals surface area (Å²) in [5.41, 5.74) is 10.3. The second-order valence-electron chi connectivity index (χ2n) is 9.69. The van der Waals surface area contributed by atoms with E-state index in [9.17, 15) is 9.59 Å². The van der Waals surface area contributed by atoms with Gasteiger partial charge in [-0.2, -0.15) is 0 Å². The van der Waals surface area contributed by atoms with Crippen molar-refractivity contribution in [1.29, 1.82) is 0 Å². The lowest BCUT2D eigenvalue weighted by Crippen LogP contribution is -2.59. The summed E-state index contributed by atoms with van der Waals surface area (Å²) in [7, 11) is 1.62. The van der Waals surface area contributed by atoms with Gasteiger partial charge < -0.3 is 20.9 Å². The second kappa shape index (κ2) is 12.9. The van der Waals surface area contributed by atoms with Crippen molar-refractivity contribution < 1.29 is 9.59 Å². The number of piperazine rings is 1. The molecule has 202 valence electrons. The molecule has 3 aromatic rings. The molecule has 1 aliphatic heterocycles. The number of carbonyl (C=O) groups excluding carboxylic acids is 2. The van der Waals surface area contributed by atoms with Crippen LogP contribution < -0.4 is 11.1 Å². The molecule has 1 aliphatic rings. The lowest BCUT2D eigenvalue weighted by atomic mass is 9.94. The highest BCUT2D eigenvalue weighted by Gasteiger charge is 2.35. The van der Waals surface area contributed by atoms with Crippen molar-refractivity contribution >= 4 is 18.0 Å². The highest BCUT2D eigenvalue weighted by atomic mass is 16.2. The number of aromatic nitrogens is 1. The molecule has 0 radical (unpaired) electrons. The first kappa shape index (κ1) is 27.6. The van der Waals surface area contributed by atoms with Gasteiger partial charge in [-0.25, -0.2) is 0 Å². The fraction of sp³-hybridized carbons (Fsp3) is 0.258. The molecule has 8 heteroatoms. The Kier molecular flexibility index (Phi) is 9.12. The third-order valence-electron chi connectivity index (χ3n) is 6.85. The largest absolute Gasteiger partial charge is 0.397 e. The number of aryl methyl sites for hydroxylation is 1. The molecule has 4 rings (SSSR count). The molecular formula is C31H36N6O2. The van der Waals surface area contributed by atoms with Gasteiger partial charge in [0, 0.05) is 56.8 Å². The molecule has 2 aromatic carbocycles. The zero-order valence-corrected chi connectivity index (χ0v) is 22.5. The van der Waals surface area contributed by atoms with E-state index in [1.807, 2.05) is 49.4 Å². The molecule has 0 bridgehead atoms. The first-order valence-electron chi connectivity index (χ1n) is 13.0. The van der Waals surface area contributed by atoms with Gasteiger partial charge in [0.1, 0.15) is 5.69 Å². The third-order valence-corrected chi connectivity index (χ3v) is 6.85. The van der Waals surface area contributed by atoms with E-state index >= 15 is 0 Å². The topological polar surface area (TPSA) is 107 Å². The Morgan fingerprint density at radius 3 is 2.28 bits per heavy atom. The number of nitrogens with zero attached hydrogens (tertiary/aromatic N) is 3. The van der Waals surface area contributed by atoms with Crippen LogP contribution in [-0.4, -0.2) is 72.1 Å². The fourth-order valence-corrected chi connectivity index (χ4v) is 5.02. The van der Waals surface area contributed by atoms with Gasteiger partial charge in [0.05, 0.1) is 11.7 Å². The van der Waals surface area contributed by atoms with Crippen molar-refractivity contribution in [2.75, 3.05) is 33.2 Å². The van der Waals surface area contributed by atoms with Crippen molar-refractivity contribution in [1.82, 2.24) is 20.1 Å². The number of amides is 2. The average molecular weight is 525 g/mol. The minimum Gasteiger partial charge on any atom is -0.397 e. The van der Waals surface area contributed by atoms with Crippen molar-refractivity contribution in [2.45, 2.75) is 19.0 Å². The van der Waals surface area contributed by atoms with Crippen molar-refractivity contribution in [3.8, 4) is 0 Å². The summed E-state index contributed by atoms with van der Waals surface area (Å²) >= 11 is 0. The Balaban J connectivity index is 1.62. The van der Waals surface area contributed by atoms with Gasteiger partial charge in [-0.3, -0.25) is 19.5 Å². The Morgan fingerprint density at radius 1 is 1.08 bits per heavy atom. The van der Waals surface area contributed by atoms with E-state index in [0.29, 0.717) is 43.1 Å². The molecule has 2 heterocycles. The highest BCUT2D eigenvalue weighted by molar-refractivity contribution is 5.97. The number of H-pyrrole nitrogens is 1.